The molecule has 4 heterocycles. The van der Waals surface area contributed by atoms with Gasteiger partial charge < -0.3 is 14.5 Å². The van der Waals surface area contributed by atoms with Crippen LogP contribution in [0.4, 0.5) is 19.0 Å². The Labute approximate surface area is 194 Å². The Morgan fingerprint density at radius 3 is 2.39 bits per heavy atom. The van der Waals surface area contributed by atoms with Gasteiger partial charge in [0.2, 0.25) is 5.88 Å². The lowest BCUT2D eigenvalue weighted by atomic mass is 10.0. The molecule has 0 N–H and O–H groups in total. The van der Waals surface area contributed by atoms with E-state index in [1.54, 1.807) is 17.9 Å². The summed E-state index contributed by atoms with van der Waals surface area (Å²) in [6.07, 6.45) is -0.252. The van der Waals surface area contributed by atoms with Crippen molar-refractivity contribution in [3.8, 4) is 5.88 Å². The summed E-state index contributed by atoms with van der Waals surface area (Å²) in [6, 6.07) is 1.28. The van der Waals surface area contributed by atoms with Gasteiger partial charge in [0.05, 0.1) is 17.7 Å². The second-order valence-corrected chi connectivity index (χ2v) is 8.71. The van der Waals surface area contributed by atoms with Crippen molar-refractivity contribution < 1.29 is 22.7 Å². The highest BCUT2D eigenvalue weighted by Gasteiger charge is 2.34. The highest BCUT2D eigenvalue weighted by Crippen LogP contribution is 2.34. The Balaban J connectivity index is 1.30. The molecule has 0 radical (unpaired) electrons. The van der Waals surface area contributed by atoms with Gasteiger partial charge in [-0.15, -0.1) is 5.10 Å². The quantitative estimate of drug-likeness (QED) is 0.662. The highest BCUT2D eigenvalue weighted by molar-refractivity contribution is 6.33. The third-order valence-electron chi connectivity index (χ3n) is 6.25. The van der Waals surface area contributed by atoms with Crippen LogP contribution in [0.1, 0.15) is 28.8 Å². The van der Waals surface area contributed by atoms with Crippen LogP contribution in [0, 0.1) is 0 Å². The number of amides is 1. The van der Waals surface area contributed by atoms with Crippen molar-refractivity contribution in [1.82, 2.24) is 24.6 Å². The van der Waals surface area contributed by atoms with Crippen LogP contribution in [0.25, 0.3) is 0 Å². The average molecular weight is 487 g/mol. The van der Waals surface area contributed by atoms with Crippen LogP contribution in [-0.2, 0) is 13.2 Å². The largest absolute Gasteiger partial charge is 0.479 e. The van der Waals surface area contributed by atoms with Crippen LogP contribution < -0.4 is 9.64 Å². The van der Waals surface area contributed by atoms with Gasteiger partial charge in [0.1, 0.15) is 11.4 Å². The van der Waals surface area contributed by atoms with E-state index in [1.165, 1.54) is 7.11 Å². The van der Waals surface area contributed by atoms with Crippen molar-refractivity contribution in [2.24, 2.45) is 7.05 Å². The fourth-order valence-electron chi connectivity index (χ4n) is 4.49. The van der Waals surface area contributed by atoms with Crippen molar-refractivity contribution in [2.75, 3.05) is 51.3 Å². The molecule has 180 valence electrons. The predicted molar refractivity (Wildman–Crippen MR) is 117 cm³/mol. The zero-order valence-corrected chi connectivity index (χ0v) is 19.2. The number of aromatic nitrogens is 3. The Hall–Kier alpha value is -2.53. The van der Waals surface area contributed by atoms with Gasteiger partial charge in [-0.25, -0.2) is 4.98 Å². The lowest BCUT2D eigenvalue weighted by Crippen LogP contribution is -2.54. The number of alkyl halides is 3. The van der Waals surface area contributed by atoms with Gasteiger partial charge in [-0.3, -0.25) is 14.4 Å². The van der Waals surface area contributed by atoms with Gasteiger partial charge in [0.25, 0.3) is 5.91 Å². The van der Waals surface area contributed by atoms with Crippen molar-refractivity contribution in [3.05, 3.63) is 34.6 Å². The third kappa shape index (κ3) is 5.03. The number of methoxy groups -OCH3 is 1. The molecule has 0 aliphatic carbocycles. The van der Waals surface area contributed by atoms with Crippen molar-refractivity contribution in [2.45, 2.75) is 25.1 Å². The fraction of sp³-hybridized carbons (Fsp3) is 0.571. The molecule has 2 saturated heterocycles. The molecule has 2 aliphatic rings. The van der Waals surface area contributed by atoms with E-state index in [0.29, 0.717) is 49.5 Å². The molecule has 0 spiro atoms. The van der Waals surface area contributed by atoms with Crippen LogP contribution in [0.15, 0.2) is 18.5 Å². The van der Waals surface area contributed by atoms with Gasteiger partial charge >= 0.3 is 6.18 Å². The molecule has 1 amide bonds. The van der Waals surface area contributed by atoms with Crippen LogP contribution in [0.2, 0.25) is 5.02 Å². The minimum Gasteiger partial charge on any atom is -0.479 e. The second kappa shape index (κ2) is 9.38. The minimum atomic E-state index is -4.47. The molecular weight excluding hydrogens is 461 g/mol. The smallest absolute Gasteiger partial charge is 0.417 e. The van der Waals surface area contributed by atoms with Gasteiger partial charge in [-0.1, -0.05) is 11.6 Å². The minimum absolute atomic E-state index is 0.0101. The molecule has 2 aromatic heterocycles. The topological polar surface area (TPSA) is 66.7 Å². The number of anilines is 1. The summed E-state index contributed by atoms with van der Waals surface area (Å²) in [5.74, 6) is 0.637. The number of rotatable bonds is 4. The first-order valence-corrected chi connectivity index (χ1v) is 11.1. The summed E-state index contributed by atoms with van der Waals surface area (Å²) in [5.41, 5.74) is -0.381. The van der Waals surface area contributed by atoms with E-state index in [4.69, 9.17) is 16.3 Å². The summed E-state index contributed by atoms with van der Waals surface area (Å²) in [5, 5.41) is 4.16. The molecule has 33 heavy (non-hydrogen) atoms. The summed E-state index contributed by atoms with van der Waals surface area (Å²) in [4.78, 5) is 23.0. The highest BCUT2D eigenvalue weighted by atomic mass is 35.5. The molecule has 4 rings (SSSR count). The summed E-state index contributed by atoms with van der Waals surface area (Å²) in [6.45, 7) is 4.07. The van der Waals surface area contributed by atoms with E-state index in [2.05, 4.69) is 15.0 Å². The molecular formula is C21H26ClF3N6O2. The molecule has 2 fully saturated rings. The van der Waals surface area contributed by atoms with E-state index in [1.807, 2.05) is 9.80 Å². The number of piperazine rings is 1. The molecule has 0 bridgehead atoms. The van der Waals surface area contributed by atoms with Crippen LogP contribution in [0.5, 0.6) is 5.88 Å². The lowest BCUT2D eigenvalue weighted by Gasteiger charge is -2.43. The van der Waals surface area contributed by atoms with Gasteiger partial charge in [-0.2, -0.15) is 13.2 Å². The first-order chi connectivity index (χ1) is 15.7. The average Bonchev–Trinajstić information content (AvgIpc) is 3.19. The monoisotopic (exact) mass is 486 g/mol. The maximum Gasteiger partial charge on any atom is 0.417 e. The first kappa shape index (κ1) is 23.6. The Morgan fingerprint density at radius 2 is 1.82 bits per heavy atom. The summed E-state index contributed by atoms with van der Waals surface area (Å²) < 4.78 is 45.3. The van der Waals surface area contributed by atoms with E-state index in [-0.39, 0.29) is 10.9 Å². The van der Waals surface area contributed by atoms with Gasteiger partial charge in [0, 0.05) is 64.8 Å². The fourth-order valence-corrected chi connectivity index (χ4v) is 4.77. The van der Waals surface area contributed by atoms with E-state index in [0.717, 1.165) is 38.2 Å². The number of hydrogen-bond donors (Lipinski definition) is 0. The standard InChI is InChI=1S/C21H26ClF3N6O2/c1-28-13-16(19(27-28)33-2)20(32)31-5-3-15(4-6-31)29-7-9-30(10-8-29)18-17(22)11-14(12-26-18)21(23,24)25/h11-13,15H,3-10H2,1-2H3. The van der Waals surface area contributed by atoms with E-state index < -0.39 is 11.7 Å². The molecule has 8 nitrogen and oxygen atoms in total. The molecule has 2 aromatic rings. The van der Waals surface area contributed by atoms with E-state index in [9.17, 15) is 18.0 Å². The number of nitrogens with zero attached hydrogens (tertiary/aromatic N) is 6. The number of hydrogen-bond acceptors (Lipinski definition) is 6. The Morgan fingerprint density at radius 1 is 1.15 bits per heavy atom. The zero-order valence-electron chi connectivity index (χ0n) is 18.5. The Bertz CT molecular complexity index is 998. The number of aryl methyl sites for hydroxylation is 1. The number of pyridine rings is 1. The number of carbonyl (C=O) groups excluding carboxylic acids is 1. The predicted octanol–water partition coefficient (Wildman–Crippen LogP) is 2.92. The molecule has 2 aliphatic heterocycles. The maximum absolute atomic E-state index is 12.9. The molecule has 12 heteroatoms. The van der Waals surface area contributed by atoms with Gasteiger partial charge in [-0.05, 0) is 18.9 Å². The van der Waals surface area contributed by atoms with E-state index >= 15 is 0 Å². The number of carbonyl (C=O) groups is 1. The van der Waals surface area contributed by atoms with Crippen LogP contribution >= 0.6 is 11.6 Å². The molecule has 0 aromatic carbocycles. The maximum atomic E-state index is 12.9. The molecule has 0 unspecified atom stereocenters. The summed E-state index contributed by atoms with van der Waals surface area (Å²) in [7, 11) is 3.25. The molecule has 0 atom stereocenters. The van der Waals surface area contributed by atoms with Crippen molar-refractivity contribution >= 4 is 23.3 Å². The van der Waals surface area contributed by atoms with Crippen LogP contribution in [0.3, 0.4) is 0 Å². The third-order valence-corrected chi connectivity index (χ3v) is 6.53. The summed E-state index contributed by atoms with van der Waals surface area (Å²) >= 11 is 6.10. The van der Waals surface area contributed by atoms with Crippen LogP contribution in [-0.4, -0.2) is 82.9 Å². The SMILES string of the molecule is COc1nn(C)cc1C(=O)N1CCC(N2CCN(c3ncc(C(F)(F)F)cc3Cl)CC2)CC1. The number of halogens is 4. The first-order valence-electron chi connectivity index (χ1n) is 10.8. The zero-order chi connectivity index (χ0) is 23.8. The van der Waals surface area contributed by atoms with Gasteiger partial charge in [0.15, 0.2) is 0 Å². The van der Waals surface area contributed by atoms with Crippen molar-refractivity contribution in [3.63, 3.8) is 0 Å². The molecule has 0 saturated carbocycles. The van der Waals surface area contributed by atoms with Crippen molar-refractivity contribution in [1.29, 1.82) is 0 Å². The Kier molecular flexibility index (Phi) is 6.71. The lowest BCUT2D eigenvalue weighted by molar-refractivity contribution is -0.137. The number of piperidine rings is 1. The number of likely N-dealkylation sites (tertiary alicyclic amines) is 1. The normalized spacial score (nSPS) is 18.6. The second-order valence-electron chi connectivity index (χ2n) is 8.30. The number of ether oxygens (including phenoxy) is 1.